The Hall–Kier alpha value is -1.61. The zero-order valence-electron chi connectivity index (χ0n) is 10.9. The van der Waals surface area contributed by atoms with Crippen molar-refractivity contribution < 1.29 is 5.11 Å². The highest BCUT2D eigenvalue weighted by atomic mass is 16.3. The molecule has 1 aromatic heterocycles. The number of fused-ring (bicyclic) bond motifs is 3. The van der Waals surface area contributed by atoms with Gasteiger partial charge in [0.2, 0.25) is 0 Å². The summed E-state index contributed by atoms with van der Waals surface area (Å²) in [5.74, 6) is 0.324. The highest BCUT2D eigenvalue weighted by molar-refractivity contribution is 5.69. The van der Waals surface area contributed by atoms with E-state index in [1.807, 2.05) is 12.5 Å². The predicted molar refractivity (Wildman–Crippen MR) is 73.8 cm³/mol. The van der Waals surface area contributed by atoms with Crippen LogP contribution in [0.15, 0.2) is 36.8 Å². The van der Waals surface area contributed by atoms with Crippen molar-refractivity contribution in [2.45, 2.75) is 37.8 Å². The minimum atomic E-state index is -0.180. The Bertz CT molecular complexity index is 604. The first kappa shape index (κ1) is 11.2. The van der Waals surface area contributed by atoms with E-state index in [2.05, 4.69) is 33.8 Å². The highest BCUT2D eigenvalue weighted by Gasteiger charge is 2.38. The lowest BCUT2D eigenvalue weighted by molar-refractivity contribution is 0.0504. The molecule has 0 amide bonds. The smallest absolute Gasteiger partial charge is 0.0956 e. The Morgan fingerprint density at radius 2 is 2.00 bits per heavy atom. The third-order valence-corrected chi connectivity index (χ3v) is 4.71. The van der Waals surface area contributed by atoms with Crippen molar-refractivity contribution in [3.8, 4) is 11.3 Å². The lowest BCUT2D eigenvalue weighted by Gasteiger charge is -2.33. The monoisotopic (exact) mass is 254 g/mol. The van der Waals surface area contributed by atoms with Gasteiger partial charge in [0.05, 0.1) is 30.4 Å². The van der Waals surface area contributed by atoms with E-state index in [-0.39, 0.29) is 12.1 Å². The van der Waals surface area contributed by atoms with Gasteiger partial charge in [0.1, 0.15) is 0 Å². The maximum Gasteiger partial charge on any atom is 0.0956 e. The third kappa shape index (κ3) is 1.58. The fraction of sp³-hybridized carbons (Fsp3) is 0.438. The largest absolute Gasteiger partial charge is 0.393 e. The first-order valence-electron chi connectivity index (χ1n) is 7.15. The summed E-state index contributed by atoms with van der Waals surface area (Å²) in [5, 5.41) is 10.4. The van der Waals surface area contributed by atoms with Gasteiger partial charge >= 0.3 is 0 Å². The van der Waals surface area contributed by atoms with Crippen LogP contribution in [0.1, 0.15) is 37.3 Å². The molecule has 0 radical (unpaired) electrons. The second-order valence-electron chi connectivity index (χ2n) is 5.73. The van der Waals surface area contributed by atoms with Crippen molar-refractivity contribution in [3.05, 3.63) is 42.4 Å². The average Bonchev–Trinajstić information content (AvgIpc) is 3.00. The van der Waals surface area contributed by atoms with E-state index in [4.69, 9.17) is 0 Å². The molecule has 19 heavy (non-hydrogen) atoms. The summed E-state index contributed by atoms with van der Waals surface area (Å²) in [5.41, 5.74) is 3.83. The van der Waals surface area contributed by atoms with Crippen LogP contribution >= 0.6 is 0 Å². The Labute approximate surface area is 112 Å². The minimum Gasteiger partial charge on any atom is -0.393 e. The van der Waals surface area contributed by atoms with E-state index in [0.29, 0.717) is 5.92 Å². The van der Waals surface area contributed by atoms with E-state index in [9.17, 15) is 5.11 Å². The second-order valence-corrected chi connectivity index (χ2v) is 5.73. The molecular weight excluding hydrogens is 236 g/mol. The molecule has 4 rings (SSSR count). The predicted octanol–water partition coefficient (Wildman–Crippen LogP) is 3.00. The third-order valence-electron chi connectivity index (χ3n) is 4.71. The van der Waals surface area contributed by atoms with Crippen LogP contribution in [0.2, 0.25) is 0 Å². The van der Waals surface area contributed by atoms with Gasteiger partial charge in [-0.2, -0.15) is 0 Å². The molecule has 0 spiro atoms. The number of rotatable bonds is 1. The molecule has 0 bridgehead atoms. The van der Waals surface area contributed by atoms with Crippen LogP contribution < -0.4 is 0 Å². The summed E-state index contributed by atoms with van der Waals surface area (Å²) < 4.78 is 2.25. The van der Waals surface area contributed by atoms with Crippen molar-refractivity contribution in [1.82, 2.24) is 9.55 Å². The molecule has 1 saturated carbocycles. The van der Waals surface area contributed by atoms with Crippen molar-refractivity contribution in [2.24, 2.45) is 5.92 Å². The summed E-state index contributed by atoms with van der Waals surface area (Å²) in [6, 6.07) is 8.81. The van der Waals surface area contributed by atoms with Crippen molar-refractivity contribution in [3.63, 3.8) is 0 Å². The number of aliphatic hydroxyl groups excluding tert-OH is 1. The Balaban J connectivity index is 1.84. The molecule has 0 saturated heterocycles. The normalized spacial score (nSPS) is 29.0. The van der Waals surface area contributed by atoms with E-state index in [0.717, 1.165) is 19.3 Å². The summed E-state index contributed by atoms with van der Waals surface area (Å²) in [4.78, 5) is 4.29. The molecule has 1 fully saturated rings. The van der Waals surface area contributed by atoms with Gasteiger partial charge in [-0.15, -0.1) is 0 Å². The van der Waals surface area contributed by atoms with Gasteiger partial charge in [0, 0.05) is 11.5 Å². The molecule has 1 aromatic carbocycles. The van der Waals surface area contributed by atoms with E-state index >= 15 is 0 Å². The molecular formula is C16H18N2O. The van der Waals surface area contributed by atoms with Crippen molar-refractivity contribution >= 4 is 0 Å². The Morgan fingerprint density at radius 1 is 1.16 bits per heavy atom. The van der Waals surface area contributed by atoms with E-state index < -0.39 is 0 Å². The van der Waals surface area contributed by atoms with Crippen LogP contribution in [0.4, 0.5) is 0 Å². The number of hydrogen-bond donors (Lipinski definition) is 1. The van der Waals surface area contributed by atoms with E-state index in [1.54, 1.807) is 0 Å². The van der Waals surface area contributed by atoms with Crippen LogP contribution in [0.3, 0.4) is 0 Å². The molecule has 3 heteroatoms. The molecule has 2 aliphatic rings. The Kier molecular flexibility index (Phi) is 2.49. The molecule has 3 nitrogen and oxygen atoms in total. The SMILES string of the molecule is O[C@@H]1CCCC[C@@H]1[C@H]1c2ccccc2-c2cncn21. The van der Waals surface area contributed by atoms with Crippen LogP contribution in [0.25, 0.3) is 11.3 Å². The zero-order chi connectivity index (χ0) is 12.8. The Morgan fingerprint density at radius 3 is 2.89 bits per heavy atom. The summed E-state index contributed by atoms with van der Waals surface area (Å²) in [7, 11) is 0. The molecule has 1 aliphatic heterocycles. The number of nitrogens with zero attached hydrogens (tertiary/aromatic N) is 2. The molecule has 98 valence electrons. The lowest BCUT2D eigenvalue weighted by atomic mass is 9.79. The fourth-order valence-electron chi connectivity index (χ4n) is 3.82. The molecule has 1 N–H and O–H groups in total. The number of benzene rings is 1. The van der Waals surface area contributed by atoms with Gasteiger partial charge in [-0.05, 0) is 18.4 Å². The lowest BCUT2D eigenvalue weighted by Crippen LogP contribution is -2.31. The number of aromatic nitrogens is 2. The van der Waals surface area contributed by atoms with Gasteiger partial charge in [-0.1, -0.05) is 37.1 Å². The fourth-order valence-corrected chi connectivity index (χ4v) is 3.82. The van der Waals surface area contributed by atoms with Gasteiger partial charge in [-0.25, -0.2) is 4.98 Å². The first-order valence-corrected chi connectivity index (χ1v) is 7.15. The maximum absolute atomic E-state index is 10.4. The van der Waals surface area contributed by atoms with Crippen LogP contribution in [0.5, 0.6) is 0 Å². The van der Waals surface area contributed by atoms with Gasteiger partial charge in [-0.3, -0.25) is 0 Å². The highest BCUT2D eigenvalue weighted by Crippen LogP contribution is 2.46. The topological polar surface area (TPSA) is 38.1 Å². The summed E-state index contributed by atoms with van der Waals surface area (Å²) in [6.07, 6.45) is 8.11. The van der Waals surface area contributed by atoms with Crippen LogP contribution in [-0.2, 0) is 0 Å². The minimum absolute atomic E-state index is 0.180. The second kappa shape index (κ2) is 4.20. The zero-order valence-corrected chi connectivity index (χ0v) is 10.9. The molecule has 3 atom stereocenters. The molecule has 1 aliphatic carbocycles. The maximum atomic E-state index is 10.4. The van der Waals surface area contributed by atoms with Gasteiger partial charge in [0.25, 0.3) is 0 Å². The number of imidazole rings is 1. The number of hydrogen-bond acceptors (Lipinski definition) is 2. The molecule has 2 heterocycles. The van der Waals surface area contributed by atoms with Crippen LogP contribution in [0, 0.1) is 5.92 Å². The standard InChI is InChI=1S/C16H18N2O/c19-15-8-4-3-7-13(15)16-12-6-2-1-5-11(12)14-9-17-10-18(14)16/h1-2,5-6,9-10,13,15-16,19H,3-4,7-8H2/t13-,15+,16+/m0/s1. The molecule has 0 unspecified atom stereocenters. The average molecular weight is 254 g/mol. The summed E-state index contributed by atoms with van der Waals surface area (Å²) >= 11 is 0. The van der Waals surface area contributed by atoms with Crippen LogP contribution in [-0.4, -0.2) is 20.8 Å². The van der Waals surface area contributed by atoms with Gasteiger partial charge in [0.15, 0.2) is 0 Å². The number of aliphatic hydroxyl groups is 1. The molecule has 2 aromatic rings. The van der Waals surface area contributed by atoms with Gasteiger partial charge < -0.3 is 9.67 Å². The van der Waals surface area contributed by atoms with E-state index in [1.165, 1.54) is 23.2 Å². The summed E-state index contributed by atoms with van der Waals surface area (Å²) in [6.45, 7) is 0. The van der Waals surface area contributed by atoms with Crippen molar-refractivity contribution in [1.29, 1.82) is 0 Å². The quantitative estimate of drug-likeness (QED) is 0.849. The van der Waals surface area contributed by atoms with Crippen molar-refractivity contribution in [2.75, 3.05) is 0 Å². The first-order chi connectivity index (χ1) is 9.36.